The molecule has 3 nitrogen and oxygen atoms in total. The van der Waals surface area contributed by atoms with Gasteiger partial charge in [0, 0.05) is 25.5 Å². The van der Waals surface area contributed by atoms with E-state index in [0.717, 1.165) is 19.0 Å². The van der Waals surface area contributed by atoms with E-state index in [0.29, 0.717) is 0 Å². The molecule has 3 aromatic rings. The van der Waals surface area contributed by atoms with E-state index in [1.807, 2.05) is 6.20 Å². The molecule has 0 spiro atoms. The lowest BCUT2D eigenvalue weighted by Gasteiger charge is -2.32. The monoisotopic (exact) mass is 373 g/mol. The fourth-order valence-corrected chi connectivity index (χ4v) is 4.39. The molecule has 1 aliphatic heterocycles. The fraction of sp³-hybridized carbons (Fsp3) is 0.400. The maximum Gasteiger partial charge on any atom is 0.123 e. The Morgan fingerprint density at radius 1 is 0.893 bits per heavy atom. The standard InChI is InChI=1S/C25H31N3/c1-3-9-22(10-4-1)13-7-14-23-15-8-17-27(19-23)21-25-26-16-18-28(25)20-24-11-5-2-6-12-24/h1-6,9-12,16,18,23H,7-8,13-15,17,19-21H2. The second-order valence-corrected chi connectivity index (χ2v) is 8.08. The Balaban J connectivity index is 1.28. The number of benzene rings is 2. The number of hydrogen-bond acceptors (Lipinski definition) is 2. The summed E-state index contributed by atoms with van der Waals surface area (Å²) >= 11 is 0. The summed E-state index contributed by atoms with van der Waals surface area (Å²) in [4.78, 5) is 7.27. The number of rotatable bonds is 8. The molecule has 28 heavy (non-hydrogen) atoms. The van der Waals surface area contributed by atoms with Crippen LogP contribution in [-0.2, 0) is 19.5 Å². The van der Waals surface area contributed by atoms with E-state index in [-0.39, 0.29) is 0 Å². The van der Waals surface area contributed by atoms with Crippen LogP contribution in [0.3, 0.4) is 0 Å². The van der Waals surface area contributed by atoms with E-state index in [1.165, 1.54) is 62.1 Å². The first-order chi connectivity index (χ1) is 13.9. The van der Waals surface area contributed by atoms with Gasteiger partial charge in [0.25, 0.3) is 0 Å². The summed E-state index contributed by atoms with van der Waals surface area (Å²) in [5.41, 5.74) is 2.80. The molecule has 1 aliphatic rings. The minimum Gasteiger partial charge on any atom is -0.329 e. The van der Waals surface area contributed by atoms with Gasteiger partial charge in [-0.1, -0.05) is 60.7 Å². The van der Waals surface area contributed by atoms with Crippen molar-refractivity contribution in [1.29, 1.82) is 0 Å². The first-order valence-corrected chi connectivity index (χ1v) is 10.7. The third-order valence-corrected chi connectivity index (χ3v) is 5.89. The van der Waals surface area contributed by atoms with Crippen LogP contribution in [0, 0.1) is 5.92 Å². The van der Waals surface area contributed by atoms with Crippen LogP contribution in [0.2, 0.25) is 0 Å². The number of imidazole rings is 1. The fourth-order valence-electron chi connectivity index (χ4n) is 4.39. The molecule has 0 amide bonds. The van der Waals surface area contributed by atoms with Gasteiger partial charge >= 0.3 is 0 Å². The first kappa shape index (κ1) is 18.9. The molecule has 0 bridgehead atoms. The van der Waals surface area contributed by atoms with Gasteiger partial charge in [0.2, 0.25) is 0 Å². The maximum atomic E-state index is 4.65. The molecule has 1 aromatic heterocycles. The van der Waals surface area contributed by atoms with Crippen LogP contribution in [0.15, 0.2) is 73.1 Å². The van der Waals surface area contributed by atoms with Crippen molar-refractivity contribution >= 4 is 0 Å². The van der Waals surface area contributed by atoms with E-state index in [1.54, 1.807) is 0 Å². The molecular weight excluding hydrogens is 342 g/mol. The van der Waals surface area contributed by atoms with Crippen molar-refractivity contribution in [2.45, 2.75) is 45.2 Å². The summed E-state index contributed by atoms with van der Waals surface area (Å²) < 4.78 is 2.30. The Kier molecular flexibility index (Phi) is 6.56. The van der Waals surface area contributed by atoms with Crippen molar-refractivity contribution in [3.8, 4) is 0 Å². The molecule has 1 saturated heterocycles. The molecule has 2 heterocycles. The van der Waals surface area contributed by atoms with Crippen LogP contribution >= 0.6 is 0 Å². The summed E-state index contributed by atoms with van der Waals surface area (Å²) in [7, 11) is 0. The van der Waals surface area contributed by atoms with Crippen LogP contribution in [0.25, 0.3) is 0 Å². The van der Waals surface area contributed by atoms with Crippen molar-refractivity contribution in [3.63, 3.8) is 0 Å². The van der Waals surface area contributed by atoms with Gasteiger partial charge in [-0.15, -0.1) is 0 Å². The quantitative estimate of drug-likeness (QED) is 0.543. The molecule has 0 saturated carbocycles. The zero-order valence-electron chi connectivity index (χ0n) is 16.7. The van der Waals surface area contributed by atoms with Crippen molar-refractivity contribution < 1.29 is 0 Å². The smallest absolute Gasteiger partial charge is 0.123 e. The molecule has 146 valence electrons. The normalized spacial score (nSPS) is 17.6. The third-order valence-electron chi connectivity index (χ3n) is 5.89. The summed E-state index contributed by atoms with van der Waals surface area (Å²) in [6, 6.07) is 21.6. The van der Waals surface area contributed by atoms with E-state index < -0.39 is 0 Å². The van der Waals surface area contributed by atoms with Crippen LogP contribution in [0.1, 0.15) is 42.6 Å². The van der Waals surface area contributed by atoms with Gasteiger partial charge in [-0.05, 0) is 55.7 Å². The van der Waals surface area contributed by atoms with E-state index in [9.17, 15) is 0 Å². The minimum atomic E-state index is 0.829. The van der Waals surface area contributed by atoms with Crippen LogP contribution < -0.4 is 0 Å². The Bertz CT molecular complexity index is 825. The van der Waals surface area contributed by atoms with Crippen LogP contribution in [-0.4, -0.2) is 27.5 Å². The van der Waals surface area contributed by atoms with Crippen molar-refractivity contribution in [1.82, 2.24) is 14.5 Å². The van der Waals surface area contributed by atoms with Crippen molar-refractivity contribution in [2.24, 2.45) is 5.92 Å². The summed E-state index contributed by atoms with van der Waals surface area (Å²) in [6.45, 7) is 4.29. The second kappa shape index (κ2) is 9.70. The number of aryl methyl sites for hydroxylation is 1. The zero-order valence-corrected chi connectivity index (χ0v) is 16.7. The zero-order chi connectivity index (χ0) is 19.0. The Hall–Kier alpha value is -2.39. The second-order valence-electron chi connectivity index (χ2n) is 8.08. The molecule has 3 heteroatoms. The lowest BCUT2D eigenvalue weighted by Crippen LogP contribution is -2.35. The molecule has 1 unspecified atom stereocenters. The SMILES string of the molecule is c1ccc(CCCC2CCCN(Cc3nccn3Cc3ccccc3)C2)cc1. The van der Waals surface area contributed by atoms with E-state index in [4.69, 9.17) is 0 Å². The molecule has 1 atom stereocenters. The van der Waals surface area contributed by atoms with Crippen LogP contribution in [0.5, 0.6) is 0 Å². The molecular formula is C25H31N3. The Morgan fingerprint density at radius 3 is 2.43 bits per heavy atom. The predicted octanol–water partition coefficient (Wildman–Crippen LogP) is 5.17. The van der Waals surface area contributed by atoms with Gasteiger partial charge in [0.05, 0.1) is 6.54 Å². The molecule has 0 radical (unpaired) electrons. The van der Waals surface area contributed by atoms with E-state index in [2.05, 4.69) is 81.3 Å². The lowest BCUT2D eigenvalue weighted by atomic mass is 9.92. The molecule has 0 aliphatic carbocycles. The van der Waals surface area contributed by atoms with Crippen molar-refractivity contribution in [2.75, 3.05) is 13.1 Å². The van der Waals surface area contributed by atoms with Gasteiger partial charge in [-0.3, -0.25) is 4.90 Å². The van der Waals surface area contributed by atoms with Gasteiger partial charge in [0.1, 0.15) is 5.82 Å². The average Bonchev–Trinajstić information content (AvgIpc) is 3.16. The summed E-state index contributed by atoms with van der Waals surface area (Å²) in [5.74, 6) is 2.02. The summed E-state index contributed by atoms with van der Waals surface area (Å²) in [5, 5.41) is 0. The topological polar surface area (TPSA) is 21.1 Å². The highest BCUT2D eigenvalue weighted by molar-refractivity contribution is 5.16. The maximum absolute atomic E-state index is 4.65. The minimum absolute atomic E-state index is 0.829. The van der Waals surface area contributed by atoms with E-state index >= 15 is 0 Å². The largest absolute Gasteiger partial charge is 0.329 e. The predicted molar refractivity (Wildman–Crippen MR) is 115 cm³/mol. The Morgan fingerprint density at radius 2 is 1.64 bits per heavy atom. The number of likely N-dealkylation sites (tertiary alicyclic amines) is 1. The molecule has 0 N–H and O–H groups in total. The average molecular weight is 374 g/mol. The number of nitrogens with zero attached hydrogens (tertiary/aromatic N) is 3. The van der Waals surface area contributed by atoms with Gasteiger partial charge < -0.3 is 4.57 Å². The highest BCUT2D eigenvalue weighted by Crippen LogP contribution is 2.23. The highest BCUT2D eigenvalue weighted by Gasteiger charge is 2.21. The Labute approximate surface area is 169 Å². The molecule has 1 fully saturated rings. The molecule has 2 aromatic carbocycles. The van der Waals surface area contributed by atoms with Gasteiger partial charge in [-0.2, -0.15) is 0 Å². The van der Waals surface area contributed by atoms with Gasteiger partial charge in [0.15, 0.2) is 0 Å². The third kappa shape index (κ3) is 5.32. The number of piperidine rings is 1. The van der Waals surface area contributed by atoms with Gasteiger partial charge in [-0.25, -0.2) is 4.98 Å². The lowest BCUT2D eigenvalue weighted by molar-refractivity contribution is 0.155. The number of hydrogen-bond donors (Lipinski definition) is 0. The molecule has 4 rings (SSSR count). The van der Waals surface area contributed by atoms with Crippen LogP contribution in [0.4, 0.5) is 0 Å². The number of aromatic nitrogens is 2. The first-order valence-electron chi connectivity index (χ1n) is 10.7. The highest BCUT2D eigenvalue weighted by atomic mass is 15.2. The van der Waals surface area contributed by atoms with Crippen molar-refractivity contribution in [3.05, 3.63) is 90.0 Å². The summed E-state index contributed by atoms with van der Waals surface area (Å²) in [6.07, 6.45) is 10.6.